The number of likely N-dealkylation sites (tertiary alicyclic amines) is 1. The number of pyridine rings is 1. The van der Waals surface area contributed by atoms with Gasteiger partial charge < -0.3 is 9.80 Å². The summed E-state index contributed by atoms with van der Waals surface area (Å²) in [5, 5.41) is 0. The van der Waals surface area contributed by atoms with Crippen molar-refractivity contribution in [1.29, 1.82) is 0 Å². The highest BCUT2D eigenvalue weighted by molar-refractivity contribution is 6.07. The number of aromatic nitrogens is 2. The third kappa shape index (κ3) is 3.26. The summed E-state index contributed by atoms with van der Waals surface area (Å²) in [6.45, 7) is 3.68. The van der Waals surface area contributed by atoms with Crippen molar-refractivity contribution in [2.24, 2.45) is 5.92 Å². The minimum Gasteiger partial charge on any atom is -0.337 e. The molecule has 0 aliphatic carbocycles. The summed E-state index contributed by atoms with van der Waals surface area (Å²) >= 11 is 0. The number of rotatable bonds is 3. The van der Waals surface area contributed by atoms with Crippen LogP contribution in [0.5, 0.6) is 0 Å². The second kappa shape index (κ2) is 7.46. The molecule has 1 aliphatic heterocycles. The van der Waals surface area contributed by atoms with Crippen LogP contribution >= 0.6 is 0 Å². The van der Waals surface area contributed by atoms with Crippen molar-refractivity contribution in [3.05, 3.63) is 66.2 Å². The molecule has 2 amide bonds. The van der Waals surface area contributed by atoms with E-state index < -0.39 is 0 Å². The van der Waals surface area contributed by atoms with Crippen LogP contribution in [0.3, 0.4) is 0 Å². The van der Waals surface area contributed by atoms with Gasteiger partial charge in [0.15, 0.2) is 5.69 Å². The van der Waals surface area contributed by atoms with Gasteiger partial charge in [-0.3, -0.25) is 14.0 Å². The predicted octanol–water partition coefficient (Wildman–Crippen LogP) is 3.48. The number of nitrogens with zero attached hydrogens (tertiary/aromatic N) is 4. The molecule has 3 heterocycles. The zero-order chi connectivity index (χ0) is 19.7. The molecule has 1 aromatic carbocycles. The summed E-state index contributed by atoms with van der Waals surface area (Å²) < 4.78 is 1.71. The van der Waals surface area contributed by atoms with Gasteiger partial charge in [0.05, 0.1) is 5.52 Å². The van der Waals surface area contributed by atoms with Crippen LogP contribution in [0.1, 0.15) is 40.9 Å². The maximum absolute atomic E-state index is 13.1. The number of benzene rings is 1. The zero-order valence-electron chi connectivity index (χ0n) is 16.2. The van der Waals surface area contributed by atoms with Gasteiger partial charge in [-0.1, -0.05) is 31.2 Å². The van der Waals surface area contributed by atoms with Crippen molar-refractivity contribution in [2.45, 2.75) is 19.8 Å². The smallest absolute Gasteiger partial charge is 0.294 e. The van der Waals surface area contributed by atoms with Gasteiger partial charge in [0.25, 0.3) is 11.8 Å². The molecule has 1 aliphatic rings. The minimum absolute atomic E-state index is 0.1000. The zero-order valence-corrected chi connectivity index (χ0v) is 16.2. The Balaban J connectivity index is 1.70. The van der Waals surface area contributed by atoms with E-state index >= 15 is 0 Å². The number of hydrogen-bond acceptors (Lipinski definition) is 3. The molecular weight excluding hydrogens is 352 g/mol. The molecule has 1 fully saturated rings. The number of imidazole rings is 1. The third-order valence-corrected chi connectivity index (χ3v) is 5.46. The molecule has 28 heavy (non-hydrogen) atoms. The van der Waals surface area contributed by atoms with E-state index in [-0.39, 0.29) is 17.6 Å². The van der Waals surface area contributed by atoms with Gasteiger partial charge in [0.2, 0.25) is 5.82 Å². The van der Waals surface area contributed by atoms with Gasteiger partial charge in [-0.05, 0) is 43.0 Å². The lowest BCUT2D eigenvalue weighted by molar-refractivity contribution is 0.0694. The predicted molar refractivity (Wildman–Crippen MR) is 109 cm³/mol. The molecule has 0 unspecified atom stereocenters. The number of anilines is 1. The fourth-order valence-corrected chi connectivity index (χ4v) is 3.63. The first-order chi connectivity index (χ1) is 13.6. The van der Waals surface area contributed by atoms with E-state index in [0.717, 1.165) is 31.6 Å². The van der Waals surface area contributed by atoms with Crippen LogP contribution in [0, 0.1) is 5.92 Å². The molecule has 0 N–H and O–H groups in total. The Morgan fingerprint density at radius 1 is 1.04 bits per heavy atom. The van der Waals surface area contributed by atoms with Crippen LogP contribution in [0.4, 0.5) is 5.69 Å². The van der Waals surface area contributed by atoms with Crippen molar-refractivity contribution in [1.82, 2.24) is 14.3 Å². The average Bonchev–Trinajstić information content (AvgIpc) is 3.13. The molecule has 0 spiro atoms. The van der Waals surface area contributed by atoms with Gasteiger partial charge in [0.1, 0.15) is 0 Å². The van der Waals surface area contributed by atoms with Crippen molar-refractivity contribution < 1.29 is 9.59 Å². The maximum atomic E-state index is 13.1. The van der Waals surface area contributed by atoms with E-state index in [2.05, 4.69) is 11.9 Å². The number of para-hydroxylation sites is 1. The number of amides is 2. The standard InChI is InChI=1S/C22H24N4O2/c1-16-11-14-25(15-12-16)21(27)19-18-10-6-7-13-26(18)20(23-19)22(28)24(2)17-8-4-3-5-9-17/h3-10,13,16H,11-12,14-15H2,1-2H3. The van der Waals surface area contributed by atoms with E-state index in [9.17, 15) is 9.59 Å². The van der Waals surface area contributed by atoms with Gasteiger partial charge in [-0.25, -0.2) is 4.98 Å². The highest BCUT2D eigenvalue weighted by atomic mass is 16.2. The Labute approximate surface area is 164 Å². The van der Waals surface area contributed by atoms with Crippen LogP contribution in [0.15, 0.2) is 54.7 Å². The van der Waals surface area contributed by atoms with E-state index in [0.29, 0.717) is 17.1 Å². The summed E-state index contributed by atoms with van der Waals surface area (Å²) in [5.41, 5.74) is 1.79. The fraction of sp³-hybridized carbons (Fsp3) is 0.318. The quantitative estimate of drug-likeness (QED) is 0.703. The molecule has 0 saturated carbocycles. The number of carbonyl (C=O) groups excluding carboxylic acids is 2. The Morgan fingerprint density at radius 2 is 1.71 bits per heavy atom. The van der Waals surface area contributed by atoms with E-state index in [1.807, 2.05) is 53.4 Å². The van der Waals surface area contributed by atoms with Crippen LogP contribution < -0.4 is 4.90 Å². The van der Waals surface area contributed by atoms with Crippen LogP contribution in [-0.2, 0) is 0 Å². The Morgan fingerprint density at radius 3 is 2.43 bits per heavy atom. The number of carbonyl (C=O) groups is 2. The highest BCUT2D eigenvalue weighted by Gasteiger charge is 2.28. The largest absolute Gasteiger partial charge is 0.337 e. The molecule has 0 radical (unpaired) electrons. The topological polar surface area (TPSA) is 57.9 Å². The van der Waals surface area contributed by atoms with E-state index in [4.69, 9.17) is 0 Å². The summed E-state index contributed by atoms with van der Waals surface area (Å²) in [7, 11) is 1.72. The molecule has 144 valence electrons. The van der Waals surface area contributed by atoms with Crippen molar-refractivity contribution in [3.63, 3.8) is 0 Å². The number of hydrogen-bond donors (Lipinski definition) is 0. The summed E-state index contributed by atoms with van der Waals surface area (Å²) in [6, 6.07) is 15.0. The minimum atomic E-state index is -0.251. The second-order valence-electron chi connectivity index (χ2n) is 7.41. The van der Waals surface area contributed by atoms with Crippen molar-refractivity contribution >= 4 is 23.0 Å². The monoisotopic (exact) mass is 376 g/mol. The van der Waals surface area contributed by atoms with E-state index in [1.165, 1.54) is 0 Å². The lowest BCUT2D eigenvalue weighted by Crippen LogP contribution is -2.38. The van der Waals surface area contributed by atoms with Crippen molar-refractivity contribution in [3.8, 4) is 0 Å². The lowest BCUT2D eigenvalue weighted by Gasteiger charge is -2.29. The van der Waals surface area contributed by atoms with Crippen LogP contribution in [-0.4, -0.2) is 46.2 Å². The number of piperidine rings is 1. The van der Waals surface area contributed by atoms with Crippen LogP contribution in [0.25, 0.3) is 5.52 Å². The average molecular weight is 376 g/mol. The Hall–Kier alpha value is -3.15. The molecule has 2 aromatic heterocycles. The molecule has 3 aromatic rings. The van der Waals surface area contributed by atoms with Gasteiger partial charge in [0, 0.05) is 32.0 Å². The molecule has 0 bridgehead atoms. The molecule has 6 nitrogen and oxygen atoms in total. The second-order valence-corrected chi connectivity index (χ2v) is 7.41. The number of fused-ring (bicyclic) bond motifs is 1. The molecule has 6 heteroatoms. The molecular formula is C22H24N4O2. The SMILES string of the molecule is CC1CCN(C(=O)c2nc(C(=O)N(C)c3ccccc3)n3ccccc23)CC1. The van der Waals surface area contributed by atoms with Gasteiger partial charge >= 0.3 is 0 Å². The van der Waals surface area contributed by atoms with Crippen LogP contribution in [0.2, 0.25) is 0 Å². The lowest BCUT2D eigenvalue weighted by atomic mass is 9.99. The first-order valence-electron chi connectivity index (χ1n) is 9.65. The Bertz CT molecular complexity index is 1000. The molecule has 1 saturated heterocycles. The maximum Gasteiger partial charge on any atom is 0.294 e. The first kappa shape index (κ1) is 18.2. The molecule has 4 rings (SSSR count). The summed E-state index contributed by atoms with van der Waals surface area (Å²) in [4.78, 5) is 34.2. The normalized spacial score (nSPS) is 15.0. The highest BCUT2D eigenvalue weighted by Crippen LogP contribution is 2.22. The van der Waals surface area contributed by atoms with Crippen molar-refractivity contribution in [2.75, 3.05) is 25.0 Å². The summed E-state index contributed by atoms with van der Waals surface area (Å²) in [5.74, 6) is 0.533. The fourth-order valence-electron chi connectivity index (χ4n) is 3.63. The summed E-state index contributed by atoms with van der Waals surface area (Å²) in [6.07, 6.45) is 3.78. The van der Waals surface area contributed by atoms with E-state index in [1.54, 1.807) is 22.5 Å². The third-order valence-electron chi connectivity index (χ3n) is 5.46. The van der Waals surface area contributed by atoms with Gasteiger partial charge in [-0.2, -0.15) is 0 Å². The molecule has 0 atom stereocenters. The Kier molecular flexibility index (Phi) is 4.86. The van der Waals surface area contributed by atoms with Gasteiger partial charge in [-0.15, -0.1) is 0 Å². The first-order valence-corrected chi connectivity index (χ1v) is 9.65.